The number of ketones is 1. The lowest BCUT2D eigenvalue weighted by Gasteiger charge is -2.31. The van der Waals surface area contributed by atoms with Crippen LogP contribution >= 0.6 is 15.9 Å². The number of ether oxygens (including phenoxy) is 1. The van der Waals surface area contributed by atoms with E-state index in [0.29, 0.717) is 5.56 Å². The largest absolute Gasteiger partial charge is 0.468 e. The number of nitrogens with zero attached hydrogens (tertiary/aromatic N) is 1. The van der Waals surface area contributed by atoms with Gasteiger partial charge in [-0.05, 0) is 29.3 Å². The monoisotopic (exact) mass is 513 g/mol. The zero-order valence-corrected chi connectivity index (χ0v) is 20.0. The minimum atomic E-state index is -1.60. The van der Waals surface area contributed by atoms with E-state index in [0.717, 1.165) is 26.1 Å². The summed E-state index contributed by atoms with van der Waals surface area (Å²) in [7, 11) is 1.30. The molecule has 3 aromatic rings. The van der Waals surface area contributed by atoms with Gasteiger partial charge in [0.1, 0.15) is 6.04 Å². The van der Waals surface area contributed by atoms with Crippen molar-refractivity contribution in [2.75, 3.05) is 7.11 Å². The molecule has 1 unspecified atom stereocenters. The van der Waals surface area contributed by atoms with Gasteiger partial charge in [0.05, 0.1) is 25.3 Å². The van der Waals surface area contributed by atoms with Crippen LogP contribution < -0.4 is 4.90 Å². The van der Waals surface area contributed by atoms with Crippen LogP contribution in [-0.2, 0) is 9.53 Å². The molecule has 0 spiro atoms. The van der Waals surface area contributed by atoms with Crippen LogP contribution in [-0.4, -0.2) is 24.9 Å². The van der Waals surface area contributed by atoms with E-state index in [1.807, 2.05) is 79.0 Å². The van der Waals surface area contributed by atoms with Crippen LogP contribution in [0.3, 0.4) is 0 Å². The van der Waals surface area contributed by atoms with Crippen molar-refractivity contribution in [2.45, 2.75) is 18.0 Å². The van der Waals surface area contributed by atoms with Crippen molar-refractivity contribution in [3.63, 3.8) is 0 Å². The molecular formula is C28H22BrN2O3+. The van der Waals surface area contributed by atoms with Crippen molar-refractivity contribution in [1.82, 2.24) is 0 Å². The lowest BCUT2D eigenvalue weighted by Crippen LogP contribution is -3.11. The summed E-state index contributed by atoms with van der Waals surface area (Å²) >= 11 is 3.47. The Morgan fingerprint density at radius 1 is 1.00 bits per heavy atom. The molecule has 1 fully saturated rings. The van der Waals surface area contributed by atoms with Gasteiger partial charge in [0.15, 0.2) is 6.04 Å². The summed E-state index contributed by atoms with van der Waals surface area (Å²) in [5.41, 5.74) is 1.48. The summed E-state index contributed by atoms with van der Waals surface area (Å²) in [6, 6.07) is 25.4. The molecule has 2 aliphatic rings. The maximum absolute atomic E-state index is 14.1. The Bertz CT molecular complexity index is 1330. The summed E-state index contributed by atoms with van der Waals surface area (Å²) in [6.45, 7) is 0. The number of fused-ring (bicyclic) bond motifs is 3. The van der Waals surface area contributed by atoms with Crippen molar-refractivity contribution in [3.05, 3.63) is 112 Å². The molecule has 168 valence electrons. The van der Waals surface area contributed by atoms with Crippen molar-refractivity contribution < 1.29 is 19.2 Å². The lowest BCUT2D eigenvalue weighted by atomic mass is 9.66. The van der Waals surface area contributed by atoms with E-state index in [9.17, 15) is 14.9 Å². The first-order valence-corrected chi connectivity index (χ1v) is 11.8. The highest BCUT2D eigenvalue weighted by Crippen LogP contribution is 2.53. The van der Waals surface area contributed by atoms with E-state index in [2.05, 4.69) is 22.0 Å². The van der Waals surface area contributed by atoms with E-state index in [1.165, 1.54) is 7.11 Å². The Labute approximate surface area is 206 Å². The topological polar surface area (TPSA) is 71.6 Å². The number of esters is 1. The molecule has 5 atom stereocenters. The second kappa shape index (κ2) is 8.68. The van der Waals surface area contributed by atoms with Gasteiger partial charge in [0, 0.05) is 15.6 Å². The number of carbonyl (C=O) groups is 2. The number of nitriles is 1. The minimum Gasteiger partial charge on any atom is -0.468 e. The summed E-state index contributed by atoms with van der Waals surface area (Å²) in [5, 5.41) is 10.7. The average Bonchev–Trinajstić information content (AvgIpc) is 3.20. The molecule has 2 aliphatic heterocycles. The zero-order valence-electron chi connectivity index (χ0n) is 18.4. The molecule has 0 aromatic heterocycles. The Hall–Kier alpha value is -3.53. The van der Waals surface area contributed by atoms with Crippen molar-refractivity contribution in [2.24, 2.45) is 5.41 Å². The van der Waals surface area contributed by atoms with Crippen LogP contribution in [0.25, 0.3) is 6.08 Å². The number of rotatable bonds is 4. The number of quaternary nitrogens is 1. The third-order valence-corrected chi connectivity index (χ3v) is 7.54. The molecule has 3 aromatic carbocycles. The Morgan fingerprint density at radius 2 is 1.68 bits per heavy atom. The van der Waals surface area contributed by atoms with E-state index >= 15 is 0 Å². The number of Topliss-reactive ketones (excluding diaryl/α,β-unsaturated/α-hetero) is 1. The summed E-state index contributed by atoms with van der Waals surface area (Å²) in [5.74, 6) is -1.46. The van der Waals surface area contributed by atoms with E-state index in [1.54, 1.807) is 12.1 Å². The van der Waals surface area contributed by atoms with Gasteiger partial charge in [0.25, 0.3) is 0 Å². The Morgan fingerprint density at radius 3 is 2.35 bits per heavy atom. The van der Waals surface area contributed by atoms with Gasteiger partial charge in [-0.25, -0.2) is 0 Å². The lowest BCUT2D eigenvalue weighted by molar-refractivity contribution is -0.885. The smallest absolute Gasteiger partial charge is 0.333 e. The number of halogens is 1. The molecule has 0 saturated carbocycles. The molecule has 1 saturated heterocycles. The standard InChI is InChI=1S/C28H21BrN2O3/c1-34-27(33)28(17-30)23(19-11-13-21(29)14-12-19)24(25(32)20-8-3-2-4-9-20)31-16-15-18-7-5-6-10-22(18)26(28)31/h2-16,23-24,26H,1H3/p+1/t23-,24+,26-,28-/m1/s1. The van der Waals surface area contributed by atoms with Crippen LogP contribution in [0.15, 0.2) is 89.5 Å². The number of nitrogens with one attached hydrogen (secondary N) is 1. The fraction of sp³-hybridized carbons (Fsp3) is 0.179. The van der Waals surface area contributed by atoms with Gasteiger partial charge in [-0.2, -0.15) is 5.26 Å². The molecule has 0 bridgehead atoms. The van der Waals surface area contributed by atoms with Crippen LogP contribution in [0.4, 0.5) is 0 Å². The van der Waals surface area contributed by atoms with Crippen LogP contribution in [0.2, 0.25) is 0 Å². The SMILES string of the molecule is COC(=O)[C@]1(C#N)[C@H](c2ccc(Br)cc2)[C@@H](C(=O)c2ccccc2)[NH+]2C=Cc3ccccc3[C@@H]21. The van der Waals surface area contributed by atoms with Gasteiger partial charge < -0.3 is 4.74 Å². The molecule has 0 radical (unpaired) electrons. The van der Waals surface area contributed by atoms with Gasteiger partial charge in [-0.1, -0.05) is 82.7 Å². The quantitative estimate of drug-likeness (QED) is 0.421. The van der Waals surface area contributed by atoms with Crippen LogP contribution in [0.5, 0.6) is 0 Å². The van der Waals surface area contributed by atoms with Gasteiger partial charge in [-0.3, -0.25) is 14.5 Å². The third kappa shape index (κ3) is 3.24. The first kappa shape index (κ1) is 22.3. The number of hydrogen-bond donors (Lipinski definition) is 1. The molecule has 1 N–H and O–H groups in total. The average molecular weight is 514 g/mol. The molecule has 0 aliphatic carbocycles. The molecule has 0 amide bonds. The molecule has 5 rings (SSSR count). The van der Waals surface area contributed by atoms with E-state index < -0.39 is 29.4 Å². The maximum Gasteiger partial charge on any atom is 0.333 e. The number of methoxy groups -OCH3 is 1. The van der Waals surface area contributed by atoms with Crippen LogP contribution in [0, 0.1) is 16.7 Å². The van der Waals surface area contributed by atoms with Gasteiger partial charge in [-0.15, -0.1) is 0 Å². The second-order valence-corrected chi connectivity index (χ2v) is 9.52. The van der Waals surface area contributed by atoms with Crippen molar-refractivity contribution in [1.29, 1.82) is 5.26 Å². The zero-order chi connectivity index (χ0) is 23.9. The van der Waals surface area contributed by atoms with Gasteiger partial charge >= 0.3 is 5.97 Å². The molecule has 5 nitrogen and oxygen atoms in total. The number of carbonyl (C=O) groups excluding carboxylic acids is 2. The molecular weight excluding hydrogens is 492 g/mol. The van der Waals surface area contributed by atoms with Crippen molar-refractivity contribution >= 4 is 33.8 Å². The fourth-order valence-electron chi connectivity index (χ4n) is 5.62. The highest BCUT2D eigenvalue weighted by Gasteiger charge is 2.71. The fourth-order valence-corrected chi connectivity index (χ4v) is 5.88. The van der Waals surface area contributed by atoms with E-state index in [4.69, 9.17) is 4.74 Å². The molecule has 34 heavy (non-hydrogen) atoms. The predicted octanol–water partition coefficient (Wildman–Crippen LogP) is 4.09. The molecule has 2 heterocycles. The highest BCUT2D eigenvalue weighted by molar-refractivity contribution is 9.10. The third-order valence-electron chi connectivity index (χ3n) is 7.01. The number of hydrogen-bond acceptors (Lipinski definition) is 4. The second-order valence-electron chi connectivity index (χ2n) is 8.60. The van der Waals surface area contributed by atoms with Gasteiger partial charge in [0.2, 0.25) is 11.2 Å². The first-order chi connectivity index (χ1) is 16.5. The van der Waals surface area contributed by atoms with Crippen LogP contribution in [0.1, 0.15) is 39.0 Å². The predicted molar refractivity (Wildman–Crippen MR) is 131 cm³/mol. The number of benzene rings is 3. The summed E-state index contributed by atoms with van der Waals surface area (Å²) < 4.78 is 6.15. The summed E-state index contributed by atoms with van der Waals surface area (Å²) in [6.07, 6.45) is 3.89. The Balaban J connectivity index is 1.81. The maximum atomic E-state index is 14.1. The Kier molecular flexibility index (Phi) is 5.68. The highest BCUT2D eigenvalue weighted by atomic mass is 79.9. The minimum absolute atomic E-state index is 0.112. The normalized spacial score (nSPS) is 26.7. The summed E-state index contributed by atoms with van der Waals surface area (Å²) in [4.78, 5) is 28.4. The molecule has 6 heteroatoms. The first-order valence-electron chi connectivity index (χ1n) is 11.0. The van der Waals surface area contributed by atoms with Crippen molar-refractivity contribution in [3.8, 4) is 6.07 Å². The van der Waals surface area contributed by atoms with E-state index in [-0.39, 0.29) is 5.78 Å².